The molecule has 32 heavy (non-hydrogen) atoms. The Kier molecular flexibility index (Phi) is 12.7. The summed E-state index contributed by atoms with van der Waals surface area (Å²) in [4.78, 5) is 23.7. The van der Waals surface area contributed by atoms with Crippen molar-refractivity contribution in [3.63, 3.8) is 0 Å². The molecular formula is C23H41IN6O2. The second-order valence-corrected chi connectivity index (χ2v) is 8.95. The van der Waals surface area contributed by atoms with Crippen LogP contribution in [0.15, 0.2) is 29.4 Å². The van der Waals surface area contributed by atoms with Gasteiger partial charge < -0.3 is 25.6 Å². The lowest BCUT2D eigenvalue weighted by atomic mass is 10.1. The van der Waals surface area contributed by atoms with Crippen molar-refractivity contribution in [1.82, 2.24) is 20.9 Å². The molecule has 0 saturated carbocycles. The maximum absolute atomic E-state index is 12.2. The molecule has 1 atom stereocenters. The van der Waals surface area contributed by atoms with Crippen LogP contribution in [0.25, 0.3) is 0 Å². The lowest BCUT2D eigenvalue weighted by molar-refractivity contribution is 0.0503. The monoisotopic (exact) mass is 560 g/mol. The van der Waals surface area contributed by atoms with Crippen molar-refractivity contribution >= 4 is 41.8 Å². The number of amides is 1. The zero-order chi connectivity index (χ0) is 22.7. The number of nitrogens with zero attached hydrogens (tertiary/aromatic N) is 3. The summed E-state index contributed by atoms with van der Waals surface area (Å²) in [5.74, 6) is 1.84. The van der Waals surface area contributed by atoms with Crippen LogP contribution in [0.3, 0.4) is 0 Å². The van der Waals surface area contributed by atoms with E-state index in [0.717, 1.165) is 57.1 Å². The van der Waals surface area contributed by atoms with E-state index in [0.29, 0.717) is 12.6 Å². The van der Waals surface area contributed by atoms with E-state index >= 15 is 0 Å². The number of carbonyl (C=O) groups is 1. The van der Waals surface area contributed by atoms with Gasteiger partial charge in [-0.1, -0.05) is 19.4 Å². The summed E-state index contributed by atoms with van der Waals surface area (Å²) in [6, 6.07) is 6.34. The number of nitrogens with one attached hydrogen (secondary N) is 3. The van der Waals surface area contributed by atoms with E-state index in [1.54, 1.807) is 0 Å². The summed E-state index contributed by atoms with van der Waals surface area (Å²) in [6.45, 7) is 13.0. The molecule has 1 saturated heterocycles. The predicted molar refractivity (Wildman–Crippen MR) is 142 cm³/mol. The quantitative estimate of drug-likeness (QED) is 0.254. The summed E-state index contributed by atoms with van der Waals surface area (Å²) in [5, 5.41) is 9.86. The van der Waals surface area contributed by atoms with Gasteiger partial charge >= 0.3 is 6.09 Å². The van der Waals surface area contributed by atoms with Gasteiger partial charge in [-0.25, -0.2) is 9.78 Å². The summed E-state index contributed by atoms with van der Waals surface area (Å²) in [6.07, 6.45) is 5.32. The minimum absolute atomic E-state index is 0. The molecule has 1 aliphatic heterocycles. The third kappa shape index (κ3) is 10.7. The fourth-order valence-electron chi connectivity index (χ4n) is 3.54. The molecule has 2 rings (SSSR count). The van der Waals surface area contributed by atoms with Gasteiger partial charge in [-0.3, -0.25) is 4.99 Å². The van der Waals surface area contributed by atoms with Crippen molar-refractivity contribution in [2.45, 2.75) is 78.0 Å². The number of alkyl carbamates (subject to hydrolysis) is 1. The average Bonchev–Trinajstić information content (AvgIpc) is 2.72. The Morgan fingerprint density at radius 3 is 2.56 bits per heavy atom. The van der Waals surface area contributed by atoms with Crippen LogP contribution in [-0.2, 0) is 4.74 Å². The normalized spacial score (nSPS) is 16.0. The molecular weight excluding hydrogens is 519 g/mol. The Morgan fingerprint density at radius 1 is 1.28 bits per heavy atom. The van der Waals surface area contributed by atoms with Crippen LogP contribution in [-0.4, -0.2) is 60.9 Å². The number of carbonyl (C=O) groups excluding carboxylic acids is 1. The summed E-state index contributed by atoms with van der Waals surface area (Å²) in [5.41, 5.74) is -0.509. The number of hydrogen-bond acceptors (Lipinski definition) is 5. The van der Waals surface area contributed by atoms with E-state index in [9.17, 15) is 4.79 Å². The summed E-state index contributed by atoms with van der Waals surface area (Å²) in [7, 11) is 0. The number of ether oxygens (including phenoxy) is 1. The zero-order valence-corrected chi connectivity index (χ0v) is 22.5. The number of guanidine groups is 1. The molecule has 8 nitrogen and oxygen atoms in total. The molecule has 2 heterocycles. The third-order valence-corrected chi connectivity index (χ3v) is 4.98. The van der Waals surface area contributed by atoms with Gasteiger partial charge in [-0.15, -0.1) is 24.0 Å². The first kappa shape index (κ1) is 28.3. The van der Waals surface area contributed by atoms with E-state index in [1.165, 1.54) is 0 Å². The van der Waals surface area contributed by atoms with E-state index in [4.69, 9.17) is 9.73 Å². The summed E-state index contributed by atoms with van der Waals surface area (Å²) < 4.78 is 5.40. The summed E-state index contributed by atoms with van der Waals surface area (Å²) >= 11 is 0. The SMILES string of the molecule is CCCC(CN=C(NCC)NC1CCN(c2ccccn2)CC1)NC(=O)OC(C)(C)C.I. The Hall–Kier alpha value is -1.78. The second kappa shape index (κ2) is 14.4. The van der Waals surface area contributed by atoms with Crippen molar-refractivity contribution in [3.8, 4) is 0 Å². The maximum Gasteiger partial charge on any atom is 0.407 e. The molecule has 1 aromatic heterocycles. The molecule has 0 aliphatic carbocycles. The Morgan fingerprint density at radius 2 is 2.00 bits per heavy atom. The first-order chi connectivity index (χ1) is 14.8. The van der Waals surface area contributed by atoms with Gasteiger partial charge in [-0.2, -0.15) is 0 Å². The molecule has 0 bridgehead atoms. The molecule has 9 heteroatoms. The number of aliphatic imine (C=N–C) groups is 1. The van der Waals surface area contributed by atoms with Gasteiger partial charge in [0.2, 0.25) is 0 Å². The maximum atomic E-state index is 12.2. The Labute approximate surface area is 210 Å². The van der Waals surface area contributed by atoms with Crippen molar-refractivity contribution in [1.29, 1.82) is 0 Å². The standard InChI is InChI=1S/C23H40N6O2.HI/c1-6-10-19(28-22(30)31-23(3,4)5)17-26-21(24-7-2)27-18-12-15-29(16-13-18)20-11-8-9-14-25-20;/h8-9,11,14,18-19H,6-7,10,12-13,15-17H2,1-5H3,(H,28,30)(H2,24,26,27);1H. The second-order valence-electron chi connectivity index (χ2n) is 8.95. The van der Waals surface area contributed by atoms with E-state index in [1.807, 2.05) is 39.1 Å². The molecule has 0 radical (unpaired) electrons. The fourth-order valence-corrected chi connectivity index (χ4v) is 3.54. The highest BCUT2D eigenvalue weighted by atomic mass is 127. The molecule has 3 N–H and O–H groups in total. The van der Waals surface area contributed by atoms with Crippen molar-refractivity contribution < 1.29 is 9.53 Å². The number of halogens is 1. The largest absolute Gasteiger partial charge is 0.444 e. The minimum Gasteiger partial charge on any atom is -0.444 e. The third-order valence-electron chi connectivity index (χ3n) is 4.98. The molecule has 0 spiro atoms. The first-order valence-electron chi connectivity index (χ1n) is 11.5. The Bertz CT molecular complexity index is 687. The topological polar surface area (TPSA) is 90.9 Å². The smallest absolute Gasteiger partial charge is 0.407 e. The Balaban J connectivity index is 0.00000512. The minimum atomic E-state index is -0.509. The highest BCUT2D eigenvalue weighted by Crippen LogP contribution is 2.17. The number of piperidine rings is 1. The lowest BCUT2D eigenvalue weighted by Crippen LogP contribution is -2.49. The van der Waals surface area contributed by atoms with Crippen LogP contribution in [0, 0.1) is 0 Å². The lowest BCUT2D eigenvalue weighted by Gasteiger charge is -2.33. The van der Waals surface area contributed by atoms with E-state index < -0.39 is 5.60 Å². The highest BCUT2D eigenvalue weighted by molar-refractivity contribution is 14.0. The molecule has 1 amide bonds. The van der Waals surface area contributed by atoms with Gasteiger partial charge in [0.05, 0.1) is 12.6 Å². The van der Waals surface area contributed by atoms with Crippen molar-refractivity contribution in [2.75, 3.05) is 31.1 Å². The van der Waals surface area contributed by atoms with Gasteiger partial charge in [0, 0.05) is 31.9 Å². The number of hydrogen-bond donors (Lipinski definition) is 3. The van der Waals surface area contributed by atoms with Crippen LogP contribution in [0.5, 0.6) is 0 Å². The zero-order valence-electron chi connectivity index (χ0n) is 20.2. The number of pyridine rings is 1. The predicted octanol–water partition coefficient (Wildman–Crippen LogP) is 3.92. The molecule has 1 aliphatic rings. The number of aromatic nitrogens is 1. The van der Waals surface area contributed by atoms with Crippen molar-refractivity contribution in [3.05, 3.63) is 24.4 Å². The van der Waals surface area contributed by atoms with Crippen LogP contribution in [0.2, 0.25) is 0 Å². The van der Waals surface area contributed by atoms with Gasteiger partial charge in [0.25, 0.3) is 0 Å². The molecule has 1 unspecified atom stereocenters. The van der Waals surface area contributed by atoms with Gasteiger partial charge in [0.1, 0.15) is 11.4 Å². The average molecular weight is 561 g/mol. The van der Waals surface area contributed by atoms with Crippen LogP contribution >= 0.6 is 24.0 Å². The molecule has 1 aromatic rings. The van der Waals surface area contributed by atoms with E-state index in [2.05, 4.69) is 45.7 Å². The van der Waals surface area contributed by atoms with E-state index in [-0.39, 0.29) is 36.1 Å². The number of rotatable bonds is 8. The number of anilines is 1. The molecule has 0 aromatic carbocycles. The van der Waals surface area contributed by atoms with Gasteiger partial charge in [0.15, 0.2) is 5.96 Å². The first-order valence-corrected chi connectivity index (χ1v) is 11.5. The van der Waals surface area contributed by atoms with Crippen LogP contribution in [0.1, 0.15) is 60.3 Å². The van der Waals surface area contributed by atoms with Gasteiger partial charge in [-0.05, 0) is 59.1 Å². The molecule has 1 fully saturated rings. The van der Waals surface area contributed by atoms with Crippen LogP contribution in [0.4, 0.5) is 10.6 Å². The molecule has 182 valence electrons. The van der Waals surface area contributed by atoms with Crippen LogP contribution < -0.4 is 20.9 Å². The highest BCUT2D eigenvalue weighted by Gasteiger charge is 2.22. The van der Waals surface area contributed by atoms with Crippen molar-refractivity contribution in [2.24, 2.45) is 4.99 Å². The fraction of sp³-hybridized carbons (Fsp3) is 0.696.